The Kier molecular flexibility index (Phi) is 4.42. The zero-order chi connectivity index (χ0) is 13.0. The minimum absolute atomic E-state index is 0.174. The highest BCUT2D eigenvalue weighted by Gasteiger charge is 2.29. The number of pyridine rings is 1. The Hall–Kier alpha value is -1.29. The minimum Gasteiger partial charge on any atom is -0.367 e. The molecule has 0 radical (unpaired) electrons. The van der Waals surface area contributed by atoms with Gasteiger partial charge in [0, 0.05) is 36.9 Å². The molecule has 1 aliphatic rings. The van der Waals surface area contributed by atoms with Crippen molar-refractivity contribution in [1.29, 1.82) is 0 Å². The van der Waals surface area contributed by atoms with Crippen molar-refractivity contribution in [3.8, 4) is 0 Å². The second-order valence-electron chi connectivity index (χ2n) is 4.55. The van der Waals surface area contributed by atoms with E-state index in [2.05, 4.69) is 4.98 Å². The second kappa shape index (κ2) is 6.05. The standard InChI is InChI=1S/C13H17ClN2O2/c14-6-2-8-16(10-3-1-4-10)13(18)11-9-15-7-5-12(11)17/h5,7,9-10H,1-4,6,8H2,(H,15,17). The molecular formula is C13H17ClN2O2. The molecule has 0 spiro atoms. The van der Waals surface area contributed by atoms with Crippen LogP contribution in [0.4, 0.5) is 0 Å². The third-order valence-electron chi connectivity index (χ3n) is 3.36. The highest BCUT2D eigenvalue weighted by molar-refractivity contribution is 6.17. The number of aromatic nitrogens is 1. The zero-order valence-corrected chi connectivity index (χ0v) is 10.9. The maximum atomic E-state index is 12.4. The van der Waals surface area contributed by atoms with Crippen LogP contribution in [0.5, 0.6) is 0 Å². The first-order valence-corrected chi connectivity index (χ1v) is 6.81. The van der Waals surface area contributed by atoms with Gasteiger partial charge in [-0.05, 0) is 25.7 Å². The van der Waals surface area contributed by atoms with Crippen molar-refractivity contribution in [2.24, 2.45) is 0 Å². The Morgan fingerprint density at radius 2 is 2.28 bits per heavy atom. The van der Waals surface area contributed by atoms with Gasteiger partial charge in [0.05, 0.1) is 0 Å². The fourth-order valence-electron chi connectivity index (χ4n) is 2.12. The van der Waals surface area contributed by atoms with E-state index < -0.39 is 0 Å². The summed E-state index contributed by atoms with van der Waals surface area (Å²) in [6.07, 6.45) is 6.98. The Bertz CT molecular complexity index is 468. The number of H-pyrrole nitrogens is 1. The predicted octanol–water partition coefficient (Wildman–Crippen LogP) is 2.00. The van der Waals surface area contributed by atoms with Gasteiger partial charge in [-0.1, -0.05) is 0 Å². The molecule has 0 aliphatic heterocycles. The molecule has 5 heteroatoms. The molecule has 18 heavy (non-hydrogen) atoms. The lowest BCUT2D eigenvalue weighted by Crippen LogP contribution is -2.46. The summed E-state index contributed by atoms with van der Waals surface area (Å²) in [5.41, 5.74) is -0.00656. The first kappa shape index (κ1) is 13.1. The quantitative estimate of drug-likeness (QED) is 0.831. The fourth-order valence-corrected chi connectivity index (χ4v) is 2.24. The number of hydrogen-bond donors (Lipinski definition) is 1. The number of aromatic amines is 1. The van der Waals surface area contributed by atoms with Crippen LogP contribution in [0.25, 0.3) is 0 Å². The van der Waals surface area contributed by atoms with Crippen LogP contribution in [-0.2, 0) is 0 Å². The van der Waals surface area contributed by atoms with Crippen LogP contribution in [0.2, 0.25) is 0 Å². The average molecular weight is 269 g/mol. The molecule has 1 amide bonds. The lowest BCUT2D eigenvalue weighted by Gasteiger charge is -2.37. The number of alkyl halides is 1. The van der Waals surface area contributed by atoms with Crippen molar-refractivity contribution in [2.75, 3.05) is 12.4 Å². The number of nitrogens with one attached hydrogen (secondary N) is 1. The number of carbonyl (C=O) groups excluding carboxylic acids is 1. The molecule has 1 saturated carbocycles. The average Bonchev–Trinajstić information content (AvgIpc) is 2.32. The maximum Gasteiger partial charge on any atom is 0.259 e. The SMILES string of the molecule is O=C(c1c[nH]ccc1=O)N(CCCCl)C1CCC1. The highest BCUT2D eigenvalue weighted by atomic mass is 35.5. The molecule has 1 aromatic rings. The number of halogens is 1. The lowest BCUT2D eigenvalue weighted by molar-refractivity contribution is 0.0579. The Balaban J connectivity index is 2.17. The van der Waals surface area contributed by atoms with Gasteiger partial charge in [-0.2, -0.15) is 0 Å². The third kappa shape index (κ3) is 2.75. The van der Waals surface area contributed by atoms with Gasteiger partial charge in [0.1, 0.15) is 5.56 Å². The molecule has 2 rings (SSSR count). The van der Waals surface area contributed by atoms with Crippen molar-refractivity contribution in [3.63, 3.8) is 0 Å². The number of rotatable bonds is 5. The van der Waals surface area contributed by atoms with Crippen LogP contribution >= 0.6 is 11.6 Å². The predicted molar refractivity (Wildman–Crippen MR) is 71.1 cm³/mol. The first-order chi connectivity index (χ1) is 8.74. The Morgan fingerprint density at radius 1 is 1.50 bits per heavy atom. The van der Waals surface area contributed by atoms with E-state index in [0.717, 1.165) is 25.7 Å². The summed E-state index contributed by atoms with van der Waals surface area (Å²) in [6, 6.07) is 1.66. The molecule has 0 aromatic carbocycles. The molecule has 0 bridgehead atoms. The molecule has 98 valence electrons. The van der Waals surface area contributed by atoms with Crippen molar-refractivity contribution in [1.82, 2.24) is 9.88 Å². The van der Waals surface area contributed by atoms with E-state index in [1.165, 1.54) is 18.5 Å². The molecule has 4 nitrogen and oxygen atoms in total. The number of carbonyl (C=O) groups is 1. The van der Waals surface area contributed by atoms with Gasteiger partial charge in [-0.25, -0.2) is 0 Å². The monoisotopic (exact) mass is 268 g/mol. The van der Waals surface area contributed by atoms with Gasteiger partial charge in [0.25, 0.3) is 5.91 Å². The fraction of sp³-hybridized carbons (Fsp3) is 0.538. The second-order valence-corrected chi connectivity index (χ2v) is 4.93. The number of amides is 1. The van der Waals surface area contributed by atoms with E-state index in [-0.39, 0.29) is 22.9 Å². The van der Waals surface area contributed by atoms with Crippen LogP contribution < -0.4 is 5.43 Å². The first-order valence-electron chi connectivity index (χ1n) is 6.28. The van der Waals surface area contributed by atoms with E-state index in [1.54, 1.807) is 4.90 Å². The minimum atomic E-state index is -0.228. The van der Waals surface area contributed by atoms with Crippen LogP contribution in [-0.4, -0.2) is 34.3 Å². The summed E-state index contributed by atoms with van der Waals surface area (Å²) in [7, 11) is 0. The van der Waals surface area contributed by atoms with E-state index in [9.17, 15) is 9.59 Å². The summed E-state index contributed by atoms with van der Waals surface area (Å²) in [5, 5.41) is 0. The van der Waals surface area contributed by atoms with Gasteiger partial charge in [0.15, 0.2) is 5.43 Å². The van der Waals surface area contributed by atoms with E-state index in [1.807, 2.05) is 0 Å². The van der Waals surface area contributed by atoms with E-state index in [4.69, 9.17) is 11.6 Å². The number of hydrogen-bond acceptors (Lipinski definition) is 2. The Labute approximate surface area is 111 Å². The molecular weight excluding hydrogens is 252 g/mol. The van der Waals surface area contributed by atoms with Crippen molar-refractivity contribution >= 4 is 17.5 Å². The molecule has 1 aliphatic carbocycles. The van der Waals surface area contributed by atoms with E-state index in [0.29, 0.717) is 12.4 Å². The normalized spacial score (nSPS) is 15.2. The molecule has 1 heterocycles. The van der Waals surface area contributed by atoms with Gasteiger partial charge in [0.2, 0.25) is 0 Å². The molecule has 0 unspecified atom stereocenters. The molecule has 1 N–H and O–H groups in total. The van der Waals surface area contributed by atoms with Crippen molar-refractivity contribution in [3.05, 3.63) is 34.2 Å². The largest absolute Gasteiger partial charge is 0.367 e. The van der Waals surface area contributed by atoms with Crippen molar-refractivity contribution < 1.29 is 4.79 Å². The van der Waals surface area contributed by atoms with Crippen molar-refractivity contribution in [2.45, 2.75) is 31.7 Å². The summed E-state index contributed by atoms with van der Waals surface area (Å²) >= 11 is 5.69. The molecule has 0 atom stereocenters. The number of nitrogens with zero attached hydrogens (tertiary/aromatic N) is 1. The molecule has 1 fully saturated rings. The summed E-state index contributed by atoms with van der Waals surface area (Å²) in [6.45, 7) is 0.626. The molecule has 0 saturated heterocycles. The summed E-state index contributed by atoms with van der Waals surface area (Å²) in [4.78, 5) is 28.6. The Morgan fingerprint density at radius 3 is 2.83 bits per heavy atom. The van der Waals surface area contributed by atoms with Crippen LogP contribution in [0.1, 0.15) is 36.0 Å². The maximum absolute atomic E-state index is 12.4. The van der Waals surface area contributed by atoms with Crippen LogP contribution in [0.3, 0.4) is 0 Å². The van der Waals surface area contributed by atoms with Gasteiger partial charge in [-0.15, -0.1) is 11.6 Å². The smallest absolute Gasteiger partial charge is 0.259 e. The van der Waals surface area contributed by atoms with Gasteiger partial charge in [-0.3, -0.25) is 9.59 Å². The summed E-state index contributed by atoms with van der Waals surface area (Å²) in [5.74, 6) is 0.355. The third-order valence-corrected chi connectivity index (χ3v) is 3.63. The van der Waals surface area contributed by atoms with Gasteiger partial charge < -0.3 is 9.88 Å². The van der Waals surface area contributed by atoms with Crippen LogP contribution in [0, 0.1) is 0 Å². The highest BCUT2D eigenvalue weighted by Crippen LogP contribution is 2.25. The summed E-state index contributed by atoms with van der Waals surface area (Å²) < 4.78 is 0. The van der Waals surface area contributed by atoms with Gasteiger partial charge >= 0.3 is 0 Å². The lowest BCUT2D eigenvalue weighted by atomic mass is 9.91. The van der Waals surface area contributed by atoms with E-state index >= 15 is 0 Å². The zero-order valence-electron chi connectivity index (χ0n) is 10.2. The molecule has 1 aromatic heterocycles. The van der Waals surface area contributed by atoms with Crippen LogP contribution in [0.15, 0.2) is 23.3 Å². The topological polar surface area (TPSA) is 53.2 Å².